The van der Waals surface area contributed by atoms with Crippen LogP contribution >= 0.6 is 0 Å². The van der Waals surface area contributed by atoms with Crippen LogP contribution in [-0.2, 0) is 14.3 Å². The summed E-state index contributed by atoms with van der Waals surface area (Å²) in [5, 5.41) is 0. The molecule has 8 heteroatoms. The van der Waals surface area contributed by atoms with Crippen LogP contribution in [0.2, 0.25) is 0 Å². The van der Waals surface area contributed by atoms with Crippen molar-refractivity contribution >= 4 is 17.7 Å². The summed E-state index contributed by atoms with van der Waals surface area (Å²) < 4.78 is 17.5. The van der Waals surface area contributed by atoms with Crippen LogP contribution in [-0.4, -0.2) is 49.2 Å². The van der Waals surface area contributed by atoms with Crippen molar-refractivity contribution in [2.75, 3.05) is 26.9 Å². The molecule has 0 aliphatic carbocycles. The molecule has 1 aromatic heterocycles. The van der Waals surface area contributed by atoms with Gasteiger partial charge in [0.15, 0.2) is 13.2 Å². The topological polar surface area (TPSA) is 110 Å². The Hall–Kier alpha value is -3.13. The van der Waals surface area contributed by atoms with Crippen molar-refractivity contribution in [2.45, 2.75) is 26.8 Å². The van der Waals surface area contributed by atoms with Crippen LogP contribution in [0.4, 0.5) is 0 Å². The molecular formula is C21H26N2O6. The number of rotatable bonds is 10. The van der Waals surface area contributed by atoms with Gasteiger partial charge in [0.1, 0.15) is 5.75 Å². The molecule has 0 fully saturated rings. The molecule has 1 amide bonds. The number of nitrogens with two attached hydrogens (primary N) is 1. The molecule has 1 atom stereocenters. The van der Waals surface area contributed by atoms with E-state index < -0.39 is 11.9 Å². The van der Waals surface area contributed by atoms with Crippen molar-refractivity contribution in [1.29, 1.82) is 0 Å². The number of ketones is 1. The van der Waals surface area contributed by atoms with Gasteiger partial charge < -0.3 is 24.5 Å². The predicted octanol–water partition coefficient (Wildman–Crippen LogP) is 2.22. The van der Waals surface area contributed by atoms with Crippen LogP contribution in [0.25, 0.3) is 0 Å². The summed E-state index contributed by atoms with van der Waals surface area (Å²) in [5.41, 5.74) is 7.55. The van der Waals surface area contributed by atoms with Crippen molar-refractivity contribution in [3.05, 3.63) is 52.8 Å². The largest absolute Gasteiger partial charge is 0.484 e. The van der Waals surface area contributed by atoms with E-state index in [1.54, 1.807) is 13.2 Å². The van der Waals surface area contributed by atoms with Gasteiger partial charge in [-0.2, -0.15) is 0 Å². The molecule has 29 heavy (non-hydrogen) atoms. The normalized spacial score (nSPS) is 11.7. The van der Waals surface area contributed by atoms with Gasteiger partial charge in [-0.3, -0.25) is 9.59 Å². The molecule has 2 rings (SSSR count). The van der Waals surface area contributed by atoms with Gasteiger partial charge in [-0.15, -0.1) is 0 Å². The molecule has 2 N–H and O–H groups in total. The van der Waals surface area contributed by atoms with Gasteiger partial charge >= 0.3 is 5.97 Å². The molecule has 0 spiro atoms. The summed E-state index contributed by atoms with van der Waals surface area (Å²) in [6.45, 7) is 5.71. The number of hydrogen-bond donors (Lipinski definition) is 1. The van der Waals surface area contributed by atoms with E-state index in [0.29, 0.717) is 17.9 Å². The molecule has 2 aromatic rings. The highest BCUT2D eigenvalue weighted by molar-refractivity contribution is 6.00. The number of primary amides is 1. The number of carbonyl (C=O) groups is 3. The first-order valence-electron chi connectivity index (χ1n) is 9.13. The number of methoxy groups -OCH3 is 1. The van der Waals surface area contributed by atoms with Crippen molar-refractivity contribution in [1.82, 2.24) is 4.57 Å². The summed E-state index contributed by atoms with van der Waals surface area (Å²) >= 11 is 0. The maximum absolute atomic E-state index is 12.6. The third-order valence-electron chi connectivity index (χ3n) is 4.44. The van der Waals surface area contributed by atoms with Gasteiger partial charge in [0, 0.05) is 24.1 Å². The Morgan fingerprint density at radius 1 is 1.10 bits per heavy atom. The first kappa shape index (κ1) is 22.2. The van der Waals surface area contributed by atoms with E-state index in [4.69, 9.17) is 19.9 Å². The van der Waals surface area contributed by atoms with Crippen LogP contribution in [0.1, 0.15) is 45.1 Å². The lowest BCUT2D eigenvalue weighted by atomic mass is 10.1. The van der Waals surface area contributed by atoms with Crippen LogP contribution in [0.15, 0.2) is 30.3 Å². The summed E-state index contributed by atoms with van der Waals surface area (Å²) in [6.07, 6.45) is 0. The van der Waals surface area contributed by atoms with Crippen molar-refractivity contribution < 1.29 is 28.6 Å². The maximum Gasteiger partial charge on any atom is 0.338 e. The maximum atomic E-state index is 12.6. The second-order valence-corrected chi connectivity index (χ2v) is 6.74. The van der Waals surface area contributed by atoms with Crippen LogP contribution in [0.5, 0.6) is 5.75 Å². The number of carbonyl (C=O) groups excluding carboxylic acids is 3. The van der Waals surface area contributed by atoms with E-state index in [9.17, 15) is 14.4 Å². The Labute approximate surface area is 169 Å². The van der Waals surface area contributed by atoms with E-state index in [-0.39, 0.29) is 30.6 Å². The van der Waals surface area contributed by atoms with Crippen molar-refractivity contribution in [3.8, 4) is 5.75 Å². The van der Waals surface area contributed by atoms with Crippen molar-refractivity contribution in [3.63, 3.8) is 0 Å². The van der Waals surface area contributed by atoms with E-state index in [1.807, 2.05) is 25.3 Å². The average Bonchev–Trinajstić information content (AvgIpc) is 2.99. The summed E-state index contributed by atoms with van der Waals surface area (Å²) in [6, 6.07) is 7.89. The number of amides is 1. The number of ether oxygens (including phenoxy) is 3. The zero-order valence-electron chi connectivity index (χ0n) is 17.1. The Bertz CT molecular complexity index is 885. The minimum absolute atomic E-state index is 0.0828. The second-order valence-electron chi connectivity index (χ2n) is 6.74. The van der Waals surface area contributed by atoms with Gasteiger partial charge in [-0.1, -0.05) is 0 Å². The molecule has 0 saturated carbocycles. The summed E-state index contributed by atoms with van der Waals surface area (Å²) in [4.78, 5) is 35.5. The lowest BCUT2D eigenvalue weighted by Crippen LogP contribution is -2.20. The smallest absolute Gasteiger partial charge is 0.338 e. The highest BCUT2D eigenvalue weighted by Crippen LogP contribution is 2.21. The summed E-state index contributed by atoms with van der Waals surface area (Å²) in [7, 11) is 1.63. The molecule has 1 aromatic carbocycles. The number of aryl methyl sites for hydroxylation is 1. The molecule has 0 aliphatic heterocycles. The SMILES string of the molecule is COC[C@@H](C)n1c(C)cc(C(=O)COC(=O)c2ccc(OCC(N)=O)cc2)c1C. The molecule has 156 valence electrons. The average molecular weight is 402 g/mol. The Kier molecular flexibility index (Phi) is 7.55. The number of Topliss-reactive ketones (excluding diaryl/α,β-unsaturated/α-hetero) is 1. The lowest BCUT2D eigenvalue weighted by Gasteiger charge is -2.17. The van der Waals surface area contributed by atoms with Gasteiger partial charge in [0.05, 0.1) is 18.2 Å². The fraction of sp³-hybridized carbons (Fsp3) is 0.381. The van der Waals surface area contributed by atoms with E-state index in [2.05, 4.69) is 0 Å². The molecule has 1 heterocycles. The first-order chi connectivity index (χ1) is 13.7. The lowest BCUT2D eigenvalue weighted by molar-refractivity contribution is -0.119. The van der Waals surface area contributed by atoms with E-state index in [0.717, 1.165) is 11.4 Å². The zero-order chi connectivity index (χ0) is 21.6. The molecule has 0 saturated heterocycles. The number of nitrogens with zero attached hydrogens (tertiary/aromatic N) is 1. The second kappa shape index (κ2) is 9.88. The van der Waals surface area contributed by atoms with Crippen LogP contribution < -0.4 is 10.5 Å². The summed E-state index contributed by atoms with van der Waals surface area (Å²) in [5.74, 6) is -1.10. The predicted molar refractivity (Wildman–Crippen MR) is 106 cm³/mol. The number of aromatic nitrogens is 1. The number of benzene rings is 1. The van der Waals surface area contributed by atoms with Crippen LogP contribution in [0.3, 0.4) is 0 Å². The van der Waals surface area contributed by atoms with Crippen LogP contribution in [0, 0.1) is 13.8 Å². The fourth-order valence-corrected chi connectivity index (χ4v) is 3.19. The zero-order valence-corrected chi connectivity index (χ0v) is 17.1. The Balaban J connectivity index is 1.99. The molecule has 0 bridgehead atoms. The number of esters is 1. The minimum Gasteiger partial charge on any atom is -0.484 e. The third-order valence-corrected chi connectivity index (χ3v) is 4.44. The molecule has 0 unspecified atom stereocenters. The molecule has 8 nitrogen and oxygen atoms in total. The highest BCUT2D eigenvalue weighted by atomic mass is 16.5. The van der Waals surface area contributed by atoms with Crippen molar-refractivity contribution in [2.24, 2.45) is 5.73 Å². The highest BCUT2D eigenvalue weighted by Gasteiger charge is 2.20. The molecule has 0 radical (unpaired) electrons. The Morgan fingerprint density at radius 2 is 1.76 bits per heavy atom. The monoisotopic (exact) mass is 402 g/mol. The van der Waals surface area contributed by atoms with Gasteiger partial charge in [0.25, 0.3) is 5.91 Å². The van der Waals surface area contributed by atoms with Gasteiger partial charge in [0.2, 0.25) is 5.78 Å². The third kappa shape index (κ3) is 5.68. The standard InChI is InChI=1S/C21H26N2O6/c1-13-9-18(15(3)23(13)14(2)10-27-4)19(24)11-29-21(26)16-5-7-17(8-6-16)28-12-20(22)25/h5-9,14H,10-12H2,1-4H3,(H2,22,25)/t14-/m1/s1. The van der Waals surface area contributed by atoms with Gasteiger partial charge in [-0.05, 0) is 51.1 Å². The molecular weight excluding hydrogens is 376 g/mol. The quantitative estimate of drug-likeness (QED) is 0.482. The first-order valence-corrected chi connectivity index (χ1v) is 9.13. The number of hydrogen-bond acceptors (Lipinski definition) is 6. The van der Waals surface area contributed by atoms with E-state index >= 15 is 0 Å². The van der Waals surface area contributed by atoms with E-state index in [1.165, 1.54) is 24.3 Å². The van der Waals surface area contributed by atoms with Gasteiger partial charge in [-0.25, -0.2) is 4.79 Å². The Morgan fingerprint density at radius 3 is 2.34 bits per heavy atom. The molecule has 0 aliphatic rings. The minimum atomic E-state index is -0.624. The fourth-order valence-electron chi connectivity index (χ4n) is 3.19.